The molecule has 2 aromatic rings. The Morgan fingerprint density at radius 3 is 2.89 bits per heavy atom. The summed E-state index contributed by atoms with van der Waals surface area (Å²) in [5, 5.41) is 1.08. The molecule has 18 heavy (non-hydrogen) atoms. The van der Waals surface area contributed by atoms with Crippen LogP contribution in [0.15, 0.2) is 24.3 Å². The van der Waals surface area contributed by atoms with Gasteiger partial charge in [0.05, 0.1) is 11.7 Å². The Morgan fingerprint density at radius 1 is 1.28 bits per heavy atom. The molecule has 0 aliphatic heterocycles. The highest BCUT2D eigenvalue weighted by Gasteiger charge is 2.19. The number of hydrogen-bond acceptors (Lipinski definition) is 3. The van der Waals surface area contributed by atoms with Gasteiger partial charge in [-0.3, -0.25) is 0 Å². The first-order valence-corrected chi connectivity index (χ1v) is 7.36. The van der Waals surface area contributed by atoms with Gasteiger partial charge in [0.25, 0.3) is 0 Å². The van der Waals surface area contributed by atoms with Gasteiger partial charge < -0.3 is 5.73 Å². The molecule has 0 spiro atoms. The number of aromatic nitrogens is 1. The van der Waals surface area contributed by atoms with Crippen molar-refractivity contribution >= 4 is 11.3 Å². The van der Waals surface area contributed by atoms with Crippen LogP contribution in [0.3, 0.4) is 0 Å². The standard InChI is InChI=1S/C15H18N2S/c1-10-5-4-6-11(9-10)14(16)15-17-12-7-2-3-8-13(12)18-15/h4-6,9,14H,2-3,7-8,16H2,1H3. The summed E-state index contributed by atoms with van der Waals surface area (Å²) in [6.45, 7) is 2.10. The Kier molecular flexibility index (Phi) is 3.18. The average Bonchev–Trinajstić information content (AvgIpc) is 2.81. The van der Waals surface area contributed by atoms with Gasteiger partial charge in [-0.15, -0.1) is 11.3 Å². The molecular formula is C15H18N2S. The Labute approximate surface area is 112 Å². The summed E-state index contributed by atoms with van der Waals surface area (Å²) in [6.07, 6.45) is 4.89. The molecule has 0 saturated heterocycles. The number of thiazole rings is 1. The number of benzene rings is 1. The van der Waals surface area contributed by atoms with Gasteiger partial charge in [-0.25, -0.2) is 4.98 Å². The minimum Gasteiger partial charge on any atom is -0.318 e. The molecule has 0 amide bonds. The smallest absolute Gasteiger partial charge is 0.114 e. The van der Waals surface area contributed by atoms with E-state index in [-0.39, 0.29) is 6.04 Å². The molecule has 0 saturated carbocycles. The summed E-state index contributed by atoms with van der Waals surface area (Å²) < 4.78 is 0. The molecule has 2 N–H and O–H groups in total. The van der Waals surface area contributed by atoms with Crippen LogP contribution in [0, 0.1) is 6.92 Å². The molecule has 2 nitrogen and oxygen atoms in total. The van der Waals surface area contributed by atoms with Crippen LogP contribution in [-0.4, -0.2) is 4.98 Å². The summed E-state index contributed by atoms with van der Waals surface area (Å²) in [6, 6.07) is 8.35. The molecule has 1 aromatic heterocycles. The van der Waals surface area contributed by atoms with Crippen molar-refractivity contribution in [3.05, 3.63) is 51.0 Å². The molecule has 1 unspecified atom stereocenters. The highest BCUT2D eigenvalue weighted by atomic mass is 32.1. The largest absolute Gasteiger partial charge is 0.318 e. The number of fused-ring (bicyclic) bond motifs is 1. The molecule has 0 radical (unpaired) electrons. The maximum atomic E-state index is 6.35. The molecule has 1 aliphatic rings. The zero-order chi connectivity index (χ0) is 12.5. The van der Waals surface area contributed by atoms with Gasteiger partial charge in [-0.1, -0.05) is 29.8 Å². The first-order chi connectivity index (χ1) is 8.74. The van der Waals surface area contributed by atoms with Crippen molar-refractivity contribution in [2.45, 2.75) is 38.6 Å². The van der Waals surface area contributed by atoms with Gasteiger partial charge in [0.2, 0.25) is 0 Å². The van der Waals surface area contributed by atoms with Crippen LogP contribution in [0.4, 0.5) is 0 Å². The topological polar surface area (TPSA) is 38.9 Å². The molecule has 1 aliphatic carbocycles. The van der Waals surface area contributed by atoms with Crippen LogP contribution in [0.25, 0.3) is 0 Å². The molecule has 0 fully saturated rings. The van der Waals surface area contributed by atoms with Crippen molar-refractivity contribution in [3.8, 4) is 0 Å². The van der Waals surface area contributed by atoms with Crippen LogP contribution in [-0.2, 0) is 12.8 Å². The van der Waals surface area contributed by atoms with Gasteiger partial charge in [0.1, 0.15) is 5.01 Å². The minimum absolute atomic E-state index is 0.0690. The number of hydrogen-bond donors (Lipinski definition) is 1. The van der Waals surface area contributed by atoms with E-state index >= 15 is 0 Å². The average molecular weight is 258 g/mol. The summed E-state index contributed by atoms with van der Waals surface area (Å²) in [7, 11) is 0. The molecule has 0 bridgehead atoms. The predicted octanol–water partition coefficient (Wildman–Crippen LogP) is 3.38. The van der Waals surface area contributed by atoms with E-state index in [1.807, 2.05) is 11.3 Å². The first kappa shape index (κ1) is 11.9. The van der Waals surface area contributed by atoms with E-state index < -0.39 is 0 Å². The predicted molar refractivity (Wildman–Crippen MR) is 76.0 cm³/mol. The van der Waals surface area contributed by atoms with Crippen molar-refractivity contribution in [1.82, 2.24) is 4.98 Å². The third-order valence-electron chi connectivity index (χ3n) is 3.53. The third kappa shape index (κ3) is 2.20. The van der Waals surface area contributed by atoms with Gasteiger partial charge in [-0.2, -0.15) is 0 Å². The fourth-order valence-electron chi connectivity index (χ4n) is 2.51. The minimum atomic E-state index is -0.0690. The Bertz CT molecular complexity index is 536. The second kappa shape index (κ2) is 4.82. The Morgan fingerprint density at radius 2 is 2.11 bits per heavy atom. The van der Waals surface area contributed by atoms with E-state index in [0.29, 0.717) is 0 Å². The zero-order valence-corrected chi connectivity index (χ0v) is 11.5. The maximum Gasteiger partial charge on any atom is 0.114 e. The van der Waals surface area contributed by atoms with Gasteiger partial charge in [0.15, 0.2) is 0 Å². The van der Waals surface area contributed by atoms with Crippen LogP contribution in [0.1, 0.15) is 45.6 Å². The fraction of sp³-hybridized carbons (Fsp3) is 0.400. The summed E-state index contributed by atoms with van der Waals surface area (Å²) >= 11 is 1.81. The Balaban J connectivity index is 1.92. The van der Waals surface area contributed by atoms with Crippen molar-refractivity contribution in [2.24, 2.45) is 5.73 Å². The number of rotatable bonds is 2. The van der Waals surface area contributed by atoms with Gasteiger partial charge >= 0.3 is 0 Å². The van der Waals surface area contributed by atoms with Crippen molar-refractivity contribution in [3.63, 3.8) is 0 Å². The fourth-order valence-corrected chi connectivity index (χ4v) is 3.69. The SMILES string of the molecule is Cc1cccc(C(N)c2nc3c(s2)CCCC3)c1. The van der Waals surface area contributed by atoms with E-state index in [0.717, 1.165) is 11.4 Å². The van der Waals surface area contributed by atoms with E-state index in [1.54, 1.807) is 0 Å². The van der Waals surface area contributed by atoms with E-state index in [9.17, 15) is 0 Å². The lowest BCUT2D eigenvalue weighted by Crippen LogP contribution is -2.11. The van der Waals surface area contributed by atoms with Crippen LogP contribution >= 0.6 is 11.3 Å². The quantitative estimate of drug-likeness (QED) is 0.897. The Hall–Kier alpha value is -1.19. The van der Waals surface area contributed by atoms with Crippen LogP contribution in [0.2, 0.25) is 0 Å². The first-order valence-electron chi connectivity index (χ1n) is 6.54. The van der Waals surface area contributed by atoms with Crippen LogP contribution < -0.4 is 5.73 Å². The summed E-state index contributed by atoms with van der Waals surface area (Å²) in [5.74, 6) is 0. The summed E-state index contributed by atoms with van der Waals surface area (Å²) in [5.41, 5.74) is 10.1. The van der Waals surface area contributed by atoms with E-state index in [2.05, 4.69) is 31.2 Å². The van der Waals surface area contributed by atoms with Gasteiger partial charge in [0, 0.05) is 4.88 Å². The highest BCUT2D eigenvalue weighted by molar-refractivity contribution is 7.11. The second-order valence-corrected chi connectivity index (χ2v) is 6.14. The van der Waals surface area contributed by atoms with Crippen molar-refractivity contribution in [1.29, 1.82) is 0 Å². The summed E-state index contributed by atoms with van der Waals surface area (Å²) in [4.78, 5) is 6.21. The maximum absolute atomic E-state index is 6.35. The highest BCUT2D eigenvalue weighted by Crippen LogP contribution is 2.31. The van der Waals surface area contributed by atoms with Crippen LogP contribution in [0.5, 0.6) is 0 Å². The molecular weight excluding hydrogens is 240 g/mol. The third-order valence-corrected chi connectivity index (χ3v) is 4.77. The number of nitrogens with zero attached hydrogens (tertiary/aromatic N) is 1. The second-order valence-electron chi connectivity index (χ2n) is 5.02. The van der Waals surface area contributed by atoms with E-state index in [1.165, 1.54) is 41.0 Å². The number of nitrogens with two attached hydrogens (primary N) is 1. The molecule has 1 aromatic carbocycles. The lowest BCUT2D eigenvalue weighted by Gasteiger charge is -2.09. The van der Waals surface area contributed by atoms with Gasteiger partial charge in [-0.05, 0) is 38.2 Å². The normalized spacial score (nSPS) is 16.3. The monoisotopic (exact) mass is 258 g/mol. The number of aryl methyl sites for hydroxylation is 3. The molecule has 1 atom stereocenters. The molecule has 3 heteroatoms. The zero-order valence-electron chi connectivity index (χ0n) is 10.6. The lowest BCUT2D eigenvalue weighted by molar-refractivity contribution is 0.678. The molecule has 3 rings (SSSR count). The molecule has 94 valence electrons. The van der Waals surface area contributed by atoms with E-state index in [4.69, 9.17) is 10.7 Å². The van der Waals surface area contributed by atoms with Crippen molar-refractivity contribution < 1.29 is 0 Å². The lowest BCUT2D eigenvalue weighted by atomic mass is 10.0. The molecule has 1 heterocycles. The van der Waals surface area contributed by atoms with Crippen molar-refractivity contribution in [2.75, 3.05) is 0 Å².